The van der Waals surface area contributed by atoms with E-state index in [1.165, 1.54) is 63.8 Å². The lowest BCUT2D eigenvalue weighted by atomic mass is 9.45. The SMILES string of the molecule is CC(C)(C)c1ccc(N2c3cc4c(cc3B3c5c(cc6c(oc7ccccc76)c52)-c2cccc5c6oc7ccccc7c6n3c25)Sc2ccccc2S4)c(-c2ccccc2)c1. The quantitative estimate of drug-likeness (QED) is 0.162. The van der Waals surface area contributed by atoms with Crippen LogP contribution in [0.1, 0.15) is 26.3 Å². The smallest absolute Gasteiger partial charge is 0.333 e. The number of aromatic nitrogens is 1. The summed E-state index contributed by atoms with van der Waals surface area (Å²) in [6, 6.07) is 58.1. The van der Waals surface area contributed by atoms with Crippen LogP contribution >= 0.6 is 23.5 Å². The third-order valence-corrected chi connectivity index (χ3v) is 15.7. The Kier molecular flexibility index (Phi) is 6.76. The molecule has 0 N–H and O–H groups in total. The fraction of sp³-hybridized carbons (Fsp3) is 0.0741. The Morgan fingerprint density at radius 2 is 1.16 bits per heavy atom. The predicted molar refractivity (Wildman–Crippen MR) is 256 cm³/mol. The maximum Gasteiger partial charge on any atom is 0.333 e. The molecule has 0 fully saturated rings. The van der Waals surface area contributed by atoms with Gasteiger partial charge in [0, 0.05) is 63.5 Å². The van der Waals surface area contributed by atoms with E-state index in [4.69, 9.17) is 8.83 Å². The summed E-state index contributed by atoms with van der Waals surface area (Å²) < 4.78 is 16.6. The summed E-state index contributed by atoms with van der Waals surface area (Å²) in [6.07, 6.45) is 0. The van der Waals surface area contributed by atoms with Gasteiger partial charge in [0.2, 0.25) is 0 Å². The van der Waals surface area contributed by atoms with E-state index in [-0.39, 0.29) is 12.3 Å². The lowest BCUT2D eigenvalue weighted by Gasteiger charge is -2.41. The molecular weight excluding hydrogens is 784 g/mol. The van der Waals surface area contributed by atoms with Gasteiger partial charge in [-0.1, -0.05) is 135 Å². The Labute approximate surface area is 360 Å². The van der Waals surface area contributed by atoms with Crippen molar-refractivity contribution in [2.75, 3.05) is 4.90 Å². The monoisotopic (exact) mass is 818 g/mol. The minimum absolute atomic E-state index is 0.0482. The van der Waals surface area contributed by atoms with Crippen molar-refractivity contribution in [2.24, 2.45) is 0 Å². The molecular formula is C54H35BN2O2S2. The van der Waals surface area contributed by atoms with E-state index in [1.54, 1.807) is 0 Å². The topological polar surface area (TPSA) is 34.5 Å². The van der Waals surface area contributed by atoms with Crippen LogP contribution in [0, 0.1) is 0 Å². The molecule has 3 aliphatic heterocycles. The van der Waals surface area contributed by atoms with Crippen LogP contribution in [0.3, 0.4) is 0 Å². The molecule has 0 amide bonds. The molecule has 0 radical (unpaired) electrons. The molecule has 6 heterocycles. The van der Waals surface area contributed by atoms with E-state index < -0.39 is 0 Å². The average molecular weight is 819 g/mol. The molecule has 288 valence electrons. The van der Waals surface area contributed by atoms with Crippen molar-refractivity contribution >= 4 is 113 Å². The summed E-state index contributed by atoms with van der Waals surface area (Å²) in [5, 5.41) is 4.50. The van der Waals surface area contributed by atoms with Crippen LogP contribution in [-0.2, 0) is 5.41 Å². The second-order valence-corrected chi connectivity index (χ2v) is 19.8. The van der Waals surface area contributed by atoms with Gasteiger partial charge >= 0.3 is 6.85 Å². The fourth-order valence-electron chi connectivity index (χ4n) is 10.4. The fourth-order valence-corrected chi connectivity index (χ4v) is 12.7. The zero-order valence-corrected chi connectivity index (χ0v) is 35.2. The molecule has 11 aromatic rings. The molecule has 0 saturated heterocycles. The number of hydrogen-bond acceptors (Lipinski definition) is 5. The highest BCUT2D eigenvalue weighted by molar-refractivity contribution is 8.05. The molecule has 0 atom stereocenters. The van der Waals surface area contributed by atoms with Crippen LogP contribution in [0.5, 0.6) is 0 Å². The first-order valence-electron chi connectivity index (χ1n) is 20.9. The molecule has 61 heavy (non-hydrogen) atoms. The molecule has 7 heteroatoms. The van der Waals surface area contributed by atoms with Crippen molar-refractivity contribution in [3.8, 4) is 22.3 Å². The summed E-state index contributed by atoms with van der Waals surface area (Å²) in [5.74, 6) is 0. The molecule has 3 aromatic heterocycles. The molecule has 0 bridgehead atoms. The summed E-state index contributed by atoms with van der Waals surface area (Å²) in [4.78, 5) is 7.68. The number of rotatable bonds is 2. The van der Waals surface area contributed by atoms with Crippen LogP contribution in [0.15, 0.2) is 186 Å². The standard InChI is InChI=1S/C54H35BN2O2S2/c1-54(2,3)31-24-25-40(36(26-31)30-14-5-4-6-15-30)56-41-29-47-46(60-44-22-11-12-23-45(44)61-47)28-39(41)55-48-37(27-38-32-16-7-9-20-42(32)58-53(38)51(48)56)33-18-13-19-35-49(33)57(55)50-34-17-8-10-21-43(34)59-52(35)50/h4-29H,1-3H3. The molecule has 14 rings (SSSR count). The van der Waals surface area contributed by atoms with Gasteiger partial charge in [-0.05, 0) is 99.8 Å². The number of para-hydroxylation sites is 3. The molecule has 3 aliphatic rings. The van der Waals surface area contributed by atoms with Gasteiger partial charge in [0.1, 0.15) is 11.2 Å². The van der Waals surface area contributed by atoms with Gasteiger partial charge in [0.25, 0.3) is 0 Å². The van der Waals surface area contributed by atoms with E-state index in [9.17, 15) is 0 Å². The summed E-state index contributed by atoms with van der Waals surface area (Å²) in [6.45, 7) is 6.74. The highest BCUT2D eigenvalue weighted by Crippen LogP contribution is 2.55. The second kappa shape index (κ2) is 12.1. The maximum absolute atomic E-state index is 7.18. The van der Waals surface area contributed by atoms with Crippen molar-refractivity contribution in [2.45, 2.75) is 45.8 Å². The Bertz CT molecular complexity index is 3720. The zero-order valence-electron chi connectivity index (χ0n) is 33.6. The van der Waals surface area contributed by atoms with Gasteiger partial charge in [-0.3, -0.25) is 0 Å². The summed E-state index contributed by atoms with van der Waals surface area (Å²) in [7, 11) is 0. The Morgan fingerprint density at radius 3 is 1.95 bits per heavy atom. The van der Waals surface area contributed by atoms with Crippen molar-refractivity contribution in [1.29, 1.82) is 0 Å². The van der Waals surface area contributed by atoms with Crippen LogP contribution in [0.4, 0.5) is 17.1 Å². The van der Waals surface area contributed by atoms with Gasteiger partial charge in [-0.15, -0.1) is 0 Å². The van der Waals surface area contributed by atoms with Gasteiger partial charge in [0.15, 0.2) is 11.2 Å². The summed E-state index contributed by atoms with van der Waals surface area (Å²) in [5.41, 5.74) is 17.9. The lowest BCUT2D eigenvalue weighted by molar-refractivity contribution is 0.590. The third-order valence-electron chi connectivity index (χ3n) is 13.2. The van der Waals surface area contributed by atoms with E-state index >= 15 is 0 Å². The molecule has 0 unspecified atom stereocenters. The number of furan rings is 2. The normalized spacial score (nSPS) is 14.0. The van der Waals surface area contributed by atoms with E-state index in [0.29, 0.717) is 0 Å². The largest absolute Gasteiger partial charge is 0.454 e. The Balaban J connectivity index is 1.19. The number of nitrogens with zero attached hydrogens (tertiary/aromatic N) is 2. The van der Waals surface area contributed by atoms with Gasteiger partial charge < -0.3 is 18.2 Å². The predicted octanol–water partition coefficient (Wildman–Crippen LogP) is 14.4. The molecule has 0 saturated carbocycles. The first-order valence-corrected chi connectivity index (χ1v) is 22.6. The van der Waals surface area contributed by atoms with Crippen LogP contribution < -0.4 is 15.8 Å². The van der Waals surface area contributed by atoms with Crippen molar-refractivity contribution in [3.63, 3.8) is 0 Å². The van der Waals surface area contributed by atoms with Gasteiger partial charge in [0.05, 0.1) is 16.9 Å². The Hall–Kier alpha value is -6.54. The van der Waals surface area contributed by atoms with Gasteiger partial charge in [-0.25, -0.2) is 0 Å². The first kappa shape index (κ1) is 34.2. The average Bonchev–Trinajstić information content (AvgIpc) is 3.96. The van der Waals surface area contributed by atoms with E-state index in [0.717, 1.165) is 66.5 Å². The summed E-state index contributed by atoms with van der Waals surface area (Å²) >= 11 is 3.75. The number of hydrogen-bond donors (Lipinski definition) is 0. The van der Waals surface area contributed by atoms with Crippen molar-refractivity contribution in [1.82, 2.24) is 4.48 Å². The molecule has 0 aliphatic carbocycles. The van der Waals surface area contributed by atoms with Crippen molar-refractivity contribution in [3.05, 3.63) is 163 Å². The van der Waals surface area contributed by atoms with Crippen LogP contribution in [0.25, 0.3) is 77.2 Å². The third kappa shape index (κ3) is 4.60. The zero-order chi connectivity index (χ0) is 40.3. The highest BCUT2D eigenvalue weighted by atomic mass is 32.2. The van der Waals surface area contributed by atoms with E-state index in [1.807, 2.05) is 23.5 Å². The second-order valence-electron chi connectivity index (χ2n) is 17.6. The highest BCUT2D eigenvalue weighted by Gasteiger charge is 2.46. The minimum atomic E-state index is -0.174. The Morgan fingerprint density at radius 1 is 0.492 bits per heavy atom. The molecule has 4 nitrogen and oxygen atoms in total. The van der Waals surface area contributed by atoms with Gasteiger partial charge in [-0.2, -0.15) is 0 Å². The maximum atomic E-state index is 7.18. The molecule has 8 aromatic carbocycles. The van der Waals surface area contributed by atoms with Crippen LogP contribution in [-0.4, -0.2) is 11.3 Å². The number of fused-ring (bicyclic) bond motifs is 15. The lowest BCUT2D eigenvalue weighted by Crippen LogP contribution is -2.56. The van der Waals surface area contributed by atoms with E-state index in [2.05, 4.69) is 188 Å². The first-order chi connectivity index (χ1) is 29.9. The van der Waals surface area contributed by atoms with Crippen molar-refractivity contribution < 1.29 is 8.83 Å². The number of benzene rings is 8. The van der Waals surface area contributed by atoms with Crippen LogP contribution in [0.2, 0.25) is 0 Å². The number of anilines is 3. The minimum Gasteiger partial charge on any atom is -0.454 e. The molecule has 0 spiro atoms.